The lowest BCUT2D eigenvalue weighted by Gasteiger charge is -2.43. The summed E-state index contributed by atoms with van der Waals surface area (Å²) >= 11 is 0. The van der Waals surface area contributed by atoms with Crippen molar-refractivity contribution in [2.24, 2.45) is 5.92 Å². The molecule has 0 spiro atoms. The van der Waals surface area contributed by atoms with Crippen LogP contribution in [-0.2, 0) is 0 Å². The summed E-state index contributed by atoms with van der Waals surface area (Å²) in [5.74, 6) is 0.817. The van der Waals surface area contributed by atoms with Crippen molar-refractivity contribution in [2.45, 2.75) is 32.2 Å². The molecule has 0 bridgehead atoms. The van der Waals surface area contributed by atoms with E-state index in [1.807, 2.05) is 0 Å². The van der Waals surface area contributed by atoms with Crippen LogP contribution in [0.2, 0.25) is 0 Å². The molecule has 15 heavy (non-hydrogen) atoms. The van der Waals surface area contributed by atoms with E-state index >= 15 is 0 Å². The maximum atomic E-state index is 13.0. The largest absolute Gasteiger partial charge is 0.314 e. The molecule has 0 radical (unpaired) electrons. The number of halogens is 1. The SMILES string of the molecule is CCNC1CC(c2cncc(F)c2)C1C. The van der Waals surface area contributed by atoms with Crippen molar-refractivity contribution in [3.8, 4) is 0 Å². The Morgan fingerprint density at radius 3 is 2.93 bits per heavy atom. The molecule has 2 rings (SSSR count). The molecule has 0 aliphatic heterocycles. The van der Waals surface area contributed by atoms with E-state index in [1.165, 1.54) is 6.20 Å². The van der Waals surface area contributed by atoms with E-state index in [0.717, 1.165) is 18.5 Å². The monoisotopic (exact) mass is 208 g/mol. The fraction of sp³-hybridized carbons (Fsp3) is 0.583. The summed E-state index contributed by atoms with van der Waals surface area (Å²) in [6.45, 7) is 5.33. The van der Waals surface area contributed by atoms with Gasteiger partial charge in [-0.3, -0.25) is 4.98 Å². The number of hydrogen-bond acceptors (Lipinski definition) is 2. The maximum absolute atomic E-state index is 13.0. The molecule has 3 atom stereocenters. The fourth-order valence-corrected chi connectivity index (χ4v) is 2.39. The lowest BCUT2D eigenvalue weighted by molar-refractivity contribution is 0.186. The zero-order chi connectivity index (χ0) is 10.8. The molecule has 1 N–H and O–H groups in total. The van der Waals surface area contributed by atoms with Crippen molar-refractivity contribution >= 4 is 0 Å². The number of aromatic nitrogens is 1. The van der Waals surface area contributed by atoms with Gasteiger partial charge in [0.25, 0.3) is 0 Å². The Hall–Kier alpha value is -0.960. The Balaban J connectivity index is 2.03. The summed E-state index contributed by atoms with van der Waals surface area (Å²) in [7, 11) is 0. The van der Waals surface area contributed by atoms with Gasteiger partial charge in [0, 0.05) is 12.2 Å². The van der Waals surface area contributed by atoms with Gasteiger partial charge in [0.15, 0.2) is 0 Å². The van der Waals surface area contributed by atoms with E-state index in [1.54, 1.807) is 12.3 Å². The molecule has 3 heteroatoms. The first-order valence-corrected chi connectivity index (χ1v) is 5.56. The van der Waals surface area contributed by atoms with Gasteiger partial charge in [-0.1, -0.05) is 13.8 Å². The van der Waals surface area contributed by atoms with Gasteiger partial charge >= 0.3 is 0 Å². The summed E-state index contributed by atoms with van der Waals surface area (Å²) in [6, 6.07) is 2.19. The minimum atomic E-state index is -0.230. The number of nitrogens with one attached hydrogen (secondary N) is 1. The van der Waals surface area contributed by atoms with E-state index in [9.17, 15) is 4.39 Å². The van der Waals surface area contributed by atoms with E-state index in [0.29, 0.717) is 17.9 Å². The molecule has 0 saturated heterocycles. The highest BCUT2D eigenvalue weighted by molar-refractivity contribution is 5.21. The Bertz CT molecular complexity index is 340. The molecule has 1 aliphatic carbocycles. The van der Waals surface area contributed by atoms with E-state index < -0.39 is 0 Å². The first-order valence-electron chi connectivity index (χ1n) is 5.56. The van der Waals surface area contributed by atoms with E-state index in [2.05, 4.69) is 24.1 Å². The second-order valence-electron chi connectivity index (χ2n) is 4.30. The number of nitrogens with zero attached hydrogens (tertiary/aromatic N) is 1. The van der Waals surface area contributed by atoms with Crippen molar-refractivity contribution in [3.05, 3.63) is 29.8 Å². The highest BCUT2D eigenvalue weighted by Gasteiger charge is 2.38. The number of pyridine rings is 1. The maximum Gasteiger partial charge on any atom is 0.141 e. The molecular formula is C12H17FN2. The molecule has 1 heterocycles. The Kier molecular flexibility index (Phi) is 3.00. The van der Waals surface area contributed by atoms with Crippen LogP contribution in [0.3, 0.4) is 0 Å². The Labute approximate surface area is 89.9 Å². The van der Waals surface area contributed by atoms with Gasteiger partial charge in [-0.15, -0.1) is 0 Å². The van der Waals surface area contributed by atoms with Crippen LogP contribution in [0.1, 0.15) is 31.7 Å². The standard InChI is InChI=1S/C12H17FN2/c1-3-15-12-5-11(8(12)2)9-4-10(13)7-14-6-9/h4,6-8,11-12,15H,3,5H2,1-2H3. The van der Waals surface area contributed by atoms with Crippen LogP contribution in [-0.4, -0.2) is 17.6 Å². The van der Waals surface area contributed by atoms with Gasteiger partial charge in [0.2, 0.25) is 0 Å². The summed E-state index contributed by atoms with van der Waals surface area (Å²) in [5, 5.41) is 3.43. The minimum absolute atomic E-state index is 0.230. The van der Waals surface area contributed by atoms with Crippen LogP contribution in [0.5, 0.6) is 0 Å². The first kappa shape index (κ1) is 10.6. The summed E-state index contributed by atoms with van der Waals surface area (Å²) < 4.78 is 13.0. The predicted molar refractivity (Wildman–Crippen MR) is 58.2 cm³/mol. The first-order chi connectivity index (χ1) is 7.22. The summed E-state index contributed by atoms with van der Waals surface area (Å²) in [6.07, 6.45) is 4.14. The lowest BCUT2D eigenvalue weighted by atomic mass is 9.67. The second-order valence-corrected chi connectivity index (χ2v) is 4.30. The van der Waals surface area contributed by atoms with Gasteiger partial charge in [0.1, 0.15) is 5.82 Å². The minimum Gasteiger partial charge on any atom is -0.314 e. The van der Waals surface area contributed by atoms with Crippen molar-refractivity contribution in [1.29, 1.82) is 0 Å². The topological polar surface area (TPSA) is 24.9 Å². The molecule has 1 saturated carbocycles. The van der Waals surface area contributed by atoms with E-state index in [4.69, 9.17) is 0 Å². The van der Waals surface area contributed by atoms with Crippen molar-refractivity contribution < 1.29 is 4.39 Å². The quantitative estimate of drug-likeness (QED) is 0.824. The lowest BCUT2D eigenvalue weighted by Crippen LogP contribution is -2.47. The molecule has 1 aliphatic rings. The Morgan fingerprint density at radius 1 is 1.53 bits per heavy atom. The zero-order valence-electron chi connectivity index (χ0n) is 9.20. The van der Waals surface area contributed by atoms with Gasteiger partial charge in [-0.2, -0.15) is 0 Å². The van der Waals surface area contributed by atoms with Crippen molar-refractivity contribution in [1.82, 2.24) is 10.3 Å². The predicted octanol–water partition coefficient (Wildman–Crippen LogP) is 2.32. The zero-order valence-corrected chi connectivity index (χ0v) is 9.20. The van der Waals surface area contributed by atoms with Gasteiger partial charge < -0.3 is 5.32 Å². The van der Waals surface area contributed by atoms with Gasteiger partial charge in [0.05, 0.1) is 6.20 Å². The average Bonchev–Trinajstić information content (AvgIpc) is 2.23. The van der Waals surface area contributed by atoms with Crippen LogP contribution >= 0.6 is 0 Å². The van der Waals surface area contributed by atoms with Crippen LogP contribution in [0.15, 0.2) is 18.5 Å². The van der Waals surface area contributed by atoms with Crippen LogP contribution in [0.4, 0.5) is 4.39 Å². The molecule has 2 nitrogen and oxygen atoms in total. The van der Waals surface area contributed by atoms with Crippen molar-refractivity contribution in [3.63, 3.8) is 0 Å². The van der Waals surface area contributed by atoms with E-state index in [-0.39, 0.29) is 5.82 Å². The molecule has 1 fully saturated rings. The number of rotatable bonds is 3. The van der Waals surface area contributed by atoms with Crippen LogP contribution in [0, 0.1) is 11.7 Å². The molecule has 0 aromatic carbocycles. The van der Waals surface area contributed by atoms with Crippen molar-refractivity contribution in [2.75, 3.05) is 6.54 Å². The normalized spacial score (nSPS) is 29.9. The van der Waals surface area contributed by atoms with Gasteiger partial charge in [-0.05, 0) is 36.4 Å². The molecule has 82 valence electrons. The third-order valence-electron chi connectivity index (χ3n) is 3.40. The third kappa shape index (κ3) is 2.02. The molecule has 1 aromatic heterocycles. The fourth-order valence-electron chi connectivity index (χ4n) is 2.39. The highest BCUT2D eigenvalue weighted by Crippen LogP contribution is 2.42. The molecule has 1 aromatic rings. The molecular weight excluding hydrogens is 191 g/mol. The van der Waals surface area contributed by atoms with Gasteiger partial charge in [-0.25, -0.2) is 4.39 Å². The second kappa shape index (κ2) is 4.27. The summed E-state index contributed by atoms with van der Waals surface area (Å²) in [4.78, 5) is 3.90. The number of hydrogen-bond donors (Lipinski definition) is 1. The van der Waals surface area contributed by atoms with Crippen LogP contribution < -0.4 is 5.32 Å². The average molecular weight is 208 g/mol. The highest BCUT2D eigenvalue weighted by atomic mass is 19.1. The smallest absolute Gasteiger partial charge is 0.141 e. The Morgan fingerprint density at radius 2 is 2.33 bits per heavy atom. The molecule has 0 amide bonds. The summed E-state index contributed by atoms with van der Waals surface area (Å²) in [5.41, 5.74) is 1.04. The molecule has 3 unspecified atom stereocenters. The third-order valence-corrected chi connectivity index (χ3v) is 3.40. The van der Waals surface area contributed by atoms with Crippen LogP contribution in [0.25, 0.3) is 0 Å².